The molecule has 17 heavy (non-hydrogen) atoms. The predicted octanol–water partition coefficient (Wildman–Crippen LogP) is 2.60. The van der Waals surface area contributed by atoms with Crippen LogP contribution in [0.3, 0.4) is 0 Å². The van der Waals surface area contributed by atoms with Gasteiger partial charge in [-0.25, -0.2) is 9.37 Å². The normalized spacial score (nSPS) is 15.5. The van der Waals surface area contributed by atoms with Crippen molar-refractivity contribution in [2.24, 2.45) is 0 Å². The minimum absolute atomic E-state index is 0.268. The van der Waals surface area contributed by atoms with Crippen molar-refractivity contribution in [3.63, 3.8) is 0 Å². The molecule has 0 spiro atoms. The molecule has 5 heteroatoms. The largest absolute Gasteiger partial charge is 0.367 e. The van der Waals surface area contributed by atoms with Crippen LogP contribution in [0.25, 0.3) is 0 Å². The second kappa shape index (κ2) is 5.98. The first-order chi connectivity index (χ1) is 8.25. The first kappa shape index (κ1) is 12.3. The number of hydrogen-bond donors (Lipinski definition) is 2. The van der Waals surface area contributed by atoms with E-state index in [1.54, 1.807) is 0 Å². The Morgan fingerprint density at radius 2 is 2.41 bits per heavy atom. The molecule has 0 radical (unpaired) electrons. The molecule has 0 saturated carbocycles. The molecule has 1 aliphatic rings. The third-order valence-electron chi connectivity index (χ3n) is 2.70. The van der Waals surface area contributed by atoms with Gasteiger partial charge in [0.25, 0.3) is 0 Å². The number of anilines is 1. The van der Waals surface area contributed by atoms with Crippen LogP contribution in [0, 0.1) is 5.82 Å². The standard InChI is InChI=1S/C12H15ClFN3/c13-10-7-11(14)12(17-8-10)16-6-3-9-1-4-15-5-2-9/h1,7-8,15H,2-6H2,(H,16,17). The summed E-state index contributed by atoms with van der Waals surface area (Å²) in [6.07, 6.45) is 5.62. The molecule has 2 heterocycles. The monoisotopic (exact) mass is 255 g/mol. The molecule has 0 bridgehead atoms. The van der Waals surface area contributed by atoms with Crippen LogP contribution in [0.1, 0.15) is 12.8 Å². The fourth-order valence-electron chi connectivity index (χ4n) is 1.78. The Morgan fingerprint density at radius 1 is 1.53 bits per heavy atom. The lowest BCUT2D eigenvalue weighted by Crippen LogP contribution is -2.21. The summed E-state index contributed by atoms with van der Waals surface area (Å²) in [7, 11) is 0. The maximum atomic E-state index is 13.4. The third kappa shape index (κ3) is 3.68. The van der Waals surface area contributed by atoms with Crippen molar-refractivity contribution < 1.29 is 4.39 Å². The number of pyridine rings is 1. The van der Waals surface area contributed by atoms with E-state index in [9.17, 15) is 4.39 Å². The molecule has 1 aromatic rings. The van der Waals surface area contributed by atoms with Crippen LogP contribution in [-0.4, -0.2) is 24.6 Å². The van der Waals surface area contributed by atoms with E-state index in [4.69, 9.17) is 11.6 Å². The summed E-state index contributed by atoms with van der Waals surface area (Å²) >= 11 is 5.63. The van der Waals surface area contributed by atoms with Crippen LogP contribution in [0.4, 0.5) is 10.2 Å². The van der Waals surface area contributed by atoms with Gasteiger partial charge >= 0.3 is 0 Å². The van der Waals surface area contributed by atoms with Crippen molar-refractivity contribution >= 4 is 17.4 Å². The number of nitrogens with one attached hydrogen (secondary N) is 2. The minimum Gasteiger partial charge on any atom is -0.367 e. The maximum Gasteiger partial charge on any atom is 0.166 e. The SMILES string of the molecule is Fc1cc(Cl)cnc1NCCC1=CCNCC1. The predicted molar refractivity (Wildman–Crippen MR) is 67.9 cm³/mol. The van der Waals surface area contributed by atoms with E-state index < -0.39 is 5.82 Å². The molecular weight excluding hydrogens is 241 g/mol. The summed E-state index contributed by atoms with van der Waals surface area (Å²) < 4.78 is 13.4. The highest BCUT2D eigenvalue weighted by molar-refractivity contribution is 6.30. The van der Waals surface area contributed by atoms with Gasteiger partial charge in [-0.05, 0) is 25.5 Å². The average Bonchev–Trinajstić information content (AvgIpc) is 2.33. The van der Waals surface area contributed by atoms with Gasteiger partial charge in [-0.1, -0.05) is 23.3 Å². The van der Waals surface area contributed by atoms with Gasteiger partial charge in [0.1, 0.15) is 0 Å². The first-order valence-electron chi connectivity index (χ1n) is 5.69. The van der Waals surface area contributed by atoms with Crippen LogP contribution in [-0.2, 0) is 0 Å². The van der Waals surface area contributed by atoms with Gasteiger partial charge in [0, 0.05) is 19.3 Å². The zero-order chi connectivity index (χ0) is 12.1. The van der Waals surface area contributed by atoms with E-state index in [2.05, 4.69) is 21.7 Å². The first-order valence-corrected chi connectivity index (χ1v) is 6.07. The summed E-state index contributed by atoms with van der Waals surface area (Å²) in [4.78, 5) is 3.91. The molecule has 2 N–H and O–H groups in total. The van der Waals surface area contributed by atoms with Gasteiger partial charge in [0.05, 0.1) is 5.02 Å². The van der Waals surface area contributed by atoms with Gasteiger partial charge in [-0.15, -0.1) is 0 Å². The summed E-state index contributed by atoms with van der Waals surface area (Å²) in [5.74, 6) is -0.138. The van der Waals surface area contributed by atoms with Gasteiger partial charge in [0.15, 0.2) is 11.6 Å². The maximum absolute atomic E-state index is 13.4. The van der Waals surface area contributed by atoms with Crippen LogP contribution in [0.5, 0.6) is 0 Å². The second-order valence-corrected chi connectivity index (χ2v) is 4.41. The number of halogens is 2. The molecule has 0 unspecified atom stereocenters. The molecule has 0 aromatic carbocycles. The number of hydrogen-bond acceptors (Lipinski definition) is 3. The van der Waals surface area contributed by atoms with Crippen molar-refractivity contribution in [2.75, 3.05) is 25.0 Å². The highest BCUT2D eigenvalue weighted by Crippen LogP contribution is 2.16. The topological polar surface area (TPSA) is 37.0 Å². The average molecular weight is 256 g/mol. The van der Waals surface area contributed by atoms with Crippen LogP contribution >= 0.6 is 11.6 Å². The molecule has 0 saturated heterocycles. The highest BCUT2D eigenvalue weighted by atomic mass is 35.5. The fraction of sp³-hybridized carbons (Fsp3) is 0.417. The molecule has 0 atom stereocenters. The van der Waals surface area contributed by atoms with E-state index in [0.717, 1.165) is 25.9 Å². The van der Waals surface area contributed by atoms with Crippen LogP contribution < -0.4 is 10.6 Å². The zero-order valence-corrected chi connectivity index (χ0v) is 10.2. The Morgan fingerprint density at radius 3 is 3.12 bits per heavy atom. The number of aromatic nitrogens is 1. The number of rotatable bonds is 4. The summed E-state index contributed by atoms with van der Waals surface area (Å²) in [6, 6.07) is 1.26. The van der Waals surface area contributed by atoms with E-state index in [-0.39, 0.29) is 5.82 Å². The summed E-state index contributed by atoms with van der Waals surface area (Å²) in [5.41, 5.74) is 1.41. The van der Waals surface area contributed by atoms with Crippen molar-refractivity contribution in [3.05, 3.63) is 34.8 Å². The van der Waals surface area contributed by atoms with E-state index >= 15 is 0 Å². The number of nitrogens with zero attached hydrogens (tertiary/aromatic N) is 1. The lowest BCUT2D eigenvalue weighted by atomic mass is 10.1. The molecule has 0 amide bonds. The molecule has 2 rings (SSSR count). The van der Waals surface area contributed by atoms with Gasteiger partial charge in [0.2, 0.25) is 0 Å². The van der Waals surface area contributed by atoms with Crippen molar-refractivity contribution in [1.82, 2.24) is 10.3 Å². The Bertz CT molecular complexity index is 420. The smallest absolute Gasteiger partial charge is 0.166 e. The molecule has 0 fully saturated rings. The van der Waals surface area contributed by atoms with Crippen LogP contribution in [0.15, 0.2) is 23.9 Å². The van der Waals surface area contributed by atoms with Gasteiger partial charge < -0.3 is 10.6 Å². The van der Waals surface area contributed by atoms with Gasteiger partial charge in [-0.3, -0.25) is 0 Å². The second-order valence-electron chi connectivity index (χ2n) is 3.98. The molecule has 92 valence electrons. The third-order valence-corrected chi connectivity index (χ3v) is 2.91. The van der Waals surface area contributed by atoms with E-state index in [0.29, 0.717) is 11.6 Å². The minimum atomic E-state index is -0.406. The summed E-state index contributed by atoms with van der Waals surface area (Å²) in [6.45, 7) is 2.65. The Balaban J connectivity index is 1.83. The lowest BCUT2D eigenvalue weighted by molar-refractivity contribution is 0.623. The molecule has 3 nitrogen and oxygen atoms in total. The van der Waals surface area contributed by atoms with Crippen molar-refractivity contribution in [1.29, 1.82) is 0 Å². The lowest BCUT2D eigenvalue weighted by Gasteiger charge is -2.14. The molecule has 0 aliphatic carbocycles. The Hall–Kier alpha value is -1.13. The quantitative estimate of drug-likeness (QED) is 0.812. The molecular formula is C12H15ClFN3. The Labute approximate surface area is 105 Å². The highest BCUT2D eigenvalue weighted by Gasteiger charge is 2.05. The van der Waals surface area contributed by atoms with E-state index in [1.807, 2.05) is 0 Å². The van der Waals surface area contributed by atoms with Crippen molar-refractivity contribution in [2.45, 2.75) is 12.8 Å². The summed E-state index contributed by atoms with van der Waals surface area (Å²) in [5, 5.41) is 6.55. The zero-order valence-electron chi connectivity index (χ0n) is 9.47. The van der Waals surface area contributed by atoms with Gasteiger partial charge in [-0.2, -0.15) is 0 Å². The molecule has 1 aliphatic heterocycles. The van der Waals surface area contributed by atoms with Crippen molar-refractivity contribution in [3.8, 4) is 0 Å². The molecule has 1 aromatic heterocycles. The Kier molecular flexibility index (Phi) is 4.34. The van der Waals surface area contributed by atoms with Crippen LogP contribution in [0.2, 0.25) is 5.02 Å². The fourth-order valence-corrected chi connectivity index (χ4v) is 1.93. The van der Waals surface area contributed by atoms with E-state index in [1.165, 1.54) is 17.8 Å².